The third-order valence-electron chi connectivity index (χ3n) is 4.78. The van der Waals surface area contributed by atoms with Gasteiger partial charge in [0.15, 0.2) is 5.43 Å². The standard InChI is InChI=1S/C21H17BrN2O5/c1-28-21(27)19-11-24(16-4-2-3-5-18(16)29-19)20(26)12-23-9-8-17(25)14-10-13(22)6-7-15(14)23/h2-10,19H,11-12H2,1H3. The van der Waals surface area contributed by atoms with Gasteiger partial charge in [0.2, 0.25) is 12.0 Å². The predicted octanol–water partition coefficient (Wildman–Crippen LogP) is 2.73. The highest BCUT2D eigenvalue weighted by Gasteiger charge is 2.34. The number of aromatic nitrogens is 1. The van der Waals surface area contributed by atoms with Crippen molar-refractivity contribution in [3.8, 4) is 5.75 Å². The Bertz CT molecular complexity index is 1170. The number of hydrogen-bond donors (Lipinski definition) is 0. The molecule has 1 aliphatic heterocycles. The largest absolute Gasteiger partial charge is 0.475 e. The number of carbonyl (C=O) groups is 2. The zero-order chi connectivity index (χ0) is 20.5. The van der Waals surface area contributed by atoms with Crippen LogP contribution in [0.5, 0.6) is 5.75 Å². The normalized spacial score (nSPS) is 15.5. The molecular formula is C21H17BrN2O5. The summed E-state index contributed by atoms with van der Waals surface area (Å²) in [6, 6.07) is 13.8. The molecule has 3 aromatic rings. The first-order valence-electron chi connectivity index (χ1n) is 8.90. The molecule has 0 spiro atoms. The molecule has 0 bridgehead atoms. The van der Waals surface area contributed by atoms with Crippen molar-refractivity contribution in [2.75, 3.05) is 18.6 Å². The molecule has 0 aliphatic carbocycles. The summed E-state index contributed by atoms with van der Waals surface area (Å²) in [6.45, 7) is 0.0485. The van der Waals surface area contributed by atoms with Crippen molar-refractivity contribution in [1.82, 2.24) is 4.57 Å². The average molecular weight is 457 g/mol. The molecule has 1 aliphatic rings. The molecule has 4 rings (SSSR count). The molecule has 8 heteroatoms. The maximum Gasteiger partial charge on any atom is 0.348 e. The molecule has 0 radical (unpaired) electrons. The van der Waals surface area contributed by atoms with Crippen LogP contribution in [0.3, 0.4) is 0 Å². The van der Waals surface area contributed by atoms with Crippen LogP contribution in [0, 0.1) is 0 Å². The summed E-state index contributed by atoms with van der Waals surface area (Å²) in [5.41, 5.74) is 1.12. The van der Waals surface area contributed by atoms with Gasteiger partial charge in [0.25, 0.3) is 0 Å². The Morgan fingerprint density at radius 2 is 2.00 bits per heavy atom. The molecule has 0 fully saturated rings. The molecule has 0 N–H and O–H groups in total. The molecule has 148 valence electrons. The number of ether oxygens (including phenoxy) is 2. The highest BCUT2D eigenvalue weighted by molar-refractivity contribution is 9.10. The average Bonchev–Trinajstić information content (AvgIpc) is 2.74. The van der Waals surface area contributed by atoms with Crippen molar-refractivity contribution in [3.63, 3.8) is 0 Å². The number of anilines is 1. The van der Waals surface area contributed by atoms with E-state index in [0.717, 1.165) is 4.47 Å². The van der Waals surface area contributed by atoms with Crippen molar-refractivity contribution in [3.05, 3.63) is 69.4 Å². The van der Waals surface area contributed by atoms with E-state index in [4.69, 9.17) is 9.47 Å². The van der Waals surface area contributed by atoms with E-state index in [-0.39, 0.29) is 24.4 Å². The van der Waals surface area contributed by atoms with Crippen LogP contribution in [0.1, 0.15) is 0 Å². The van der Waals surface area contributed by atoms with Gasteiger partial charge in [-0.1, -0.05) is 28.1 Å². The lowest BCUT2D eigenvalue weighted by molar-refractivity contribution is -0.148. The Labute approximate surface area is 174 Å². The fraction of sp³-hybridized carbons (Fsp3) is 0.190. The van der Waals surface area contributed by atoms with Crippen LogP contribution in [0.25, 0.3) is 10.9 Å². The summed E-state index contributed by atoms with van der Waals surface area (Å²) >= 11 is 3.37. The number of hydrogen-bond acceptors (Lipinski definition) is 5. The first-order valence-corrected chi connectivity index (χ1v) is 9.70. The van der Waals surface area contributed by atoms with E-state index in [0.29, 0.717) is 22.3 Å². The van der Waals surface area contributed by atoms with Crippen molar-refractivity contribution >= 4 is 44.4 Å². The molecule has 1 amide bonds. The second-order valence-electron chi connectivity index (χ2n) is 6.57. The van der Waals surface area contributed by atoms with E-state index in [1.807, 2.05) is 6.07 Å². The lowest BCUT2D eigenvalue weighted by atomic mass is 10.1. The molecule has 2 heterocycles. The number of methoxy groups -OCH3 is 1. The summed E-state index contributed by atoms with van der Waals surface area (Å²) in [4.78, 5) is 38.9. The number of para-hydroxylation sites is 2. The third kappa shape index (κ3) is 3.63. The SMILES string of the molecule is COC(=O)C1CN(C(=O)Cn2ccc(=O)c3cc(Br)ccc32)c2ccccc2O1. The zero-order valence-electron chi connectivity index (χ0n) is 15.5. The van der Waals surface area contributed by atoms with Gasteiger partial charge in [0.05, 0.1) is 24.9 Å². The topological polar surface area (TPSA) is 77.8 Å². The Balaban J connectivity index is 1.70. The van der Waals surface area contributed by atoms with Crippen LogP contribution < -0.4 is 15.1 Å². The van der Waals surface area contributed by atoms with E-state index < -0.39 is 12.1 Å². The Kier molecular flexibility index (Phi) is 5.10. The molecule has 1 unspecified atom stereocenters. The highest BCUT2D eigenvalue weighted by atomic mass is 79.9. The molecule has 1 atom stereocenters. The molecule has 1 aromatic heterocycles. The number of benzene rings is 2. The molecule has 0 saturated carbocycles. The van der Waals surface area contributed by atoms with Crippen molar-refractivity contribution in [1.29, 1.82) is 0 Å². The highest BCUT2D eigenvalue weighted by Crippen LogP contribution is 2.33. The van der Waals surface area contributed by atoms with Gasteiger partial charge >= 0.3 is 5.97 Å². The first-order chi connectivity index (χ1) is 14.0. The van der Waals surface area contributed by atoms with Crippen LogP contribution in [0.15, 0.2) is 64.0 Å². The predicted molar refractivity (Wildman–Crippen MR) is 111 cm³/mol. The summed E-state index contributed by atoms with van der Waals surface area (Å²) in [5, 5.41) is 0.518. The number of pyridine rings is 1. The van der Waals surface area contributed by atoms with Crippen molar-refractivity contribution in [2.24, 2.45) is 0 Å². The number of amides is 1. The maximum atomic E-state index is 13.2. The minimum atomic E-state index is -0.902. The number of nitrogens with zero attached hydrogens (tertiary/aromatic N) is 2. The second-order valence-corrected chi connectivity index (χ2v) is 7.49. The molecular weight excluding hydrogens is 440 g/mol. The van der Waals surface area contributed by atoms with Crippen LogP contribution >= 0.6 is 15.9 Å². The molecule has 29 heavy (non-hydrogen) atoms. The Morgan fingerprint density at radius 1 is 1.21 bits per heavy atom. The molecule has 2 aromatic carbocycles. The van der Waals surface area contributed by atoms with Crippen molar-refractivity contribution < 1.29 is 19.1 Å². The van der Waals surface area contributed by atoms with E-state index >= 15 is 0 Å². The van der Waals surface area contributed by atoms with Gasteiger partial charge in [0, 0.05) is 22.1 Å². The first kappa shape index (κ1) is 19.2. The summed E-state index contributed by atoms with van der Waals surface area (Å²) in [6.07, 6.45) is 0.696. The van der Waals surface area contributed by atoms with Crippen LogP contribution in [0.2, 0.25) is 0 Å². The number of carbonyl (C=O) groups excluding carboxylic acids is 2. The van der Waals surface area contributed by atoms with Crippen LogP contribution in [-0.2, 0) is 20.9 Å². The number of esters is 1. The van der Waals surface area contributed by atoms with Gasteiger partial charge in [-0.3, -0.25) is 9.59 Å². The van der Waals surface area contributed by atoms with E-state index in [2.05, 4.69) is 15.9 Å². The Morgan fingerprint density at radius 3 is 2.79 bits per heavy atom. The summed E-state index contributed by atoms with van der Waals surface area (Å²) in [5.74, 6) is -0.338. The number of fused-ring (bicyclic) bond motifs is 2. The van der Waals surface area contributed by atoms with Gasteiger partial charge < -0.3 is 18.9 Å². The van der Waals surface area contributed by atoms with Gasteiger partial charge in [-0.15, -0.1) is 0 Å². The smallest absolute Gasteiger partial charge is 0.348 e. The lowest BCUT2D eigenvalue weighted by Gasteiger charge is -2.33. The maximum absolute atomic E-state index is 13.2. The van der Waals surface area contributed by atoms with E-state index in [9.17, 15) is 14.4 Å². The van der Waals surface area contributed by atoms with Crippen LogP contribution in [0.4, 0.5) is 5.69 Å². The van der Waals surface area contributed by atoms with Gasteiger partial charge in [-0.2, -0.15) is 0 Å². The summed E-state index contributed by atoms with van der Waals surface area (Å²) < 4.78 is 13.0. The fourth-order valence-corrected chi connectivity index (χ4v) is 3.74. The monoisotopic (exact) mass is 456 g/mol. The van der Waals surface area contributed by atoms with Gasteiger partial charge in [-0.25, -0.2) is 4.79 Å². The third-order valence-corrected chi connectivity index (χ3v) is 5.28. The Hall–Kier alpha value is -3.13. The number of rotatable bonds is 3. The summed E-state index contributed by atoms with van der Waals surface area (Å²) in [7, 11) is 1.28. The quantitative estimate of drug-likeness (QED) is 0.566. The van der Waals surface area contributed by atoms with E-state index in [1.54, 1.807) is 47.2 Å². The fourth-order valence-electron chi connectivity index (χ4n) is 3.38. The number of halogens is 1. The zero-order valence-corrected chi connectivity index (χ0v) is 17.1. The van der Waals surface area contributed by atoms with E-state index in [1.165, 1.54) is 18.1 Å². The van der Waals surface area contributed by atoms with Crippen molar-refractivity contribution in [2.45, 2.75) is 12.6 Å². The lowest BCUT2D eigenvalue weighted by Crippen LogP contribution is -2.48. The molecule has 7 nitrogen and oxygen atoms in total. The minimum Gasteiger partial charge on any atom is -0.475 e. The van der Waals surface area contributed by atoms with Gasteiger partial charge in [-0.05, 0) is 30.3 Å². The minimum absolute atomic E-state index is 0.000634. The second kappa shape index (κ2) is 7.71. The molecule has 0 saturated heterocycles. The van der Waals surface area contributed by atoms with Crippen LogP contribution in [-0.4, -0.2) is 36.2 Å². The van der Waals surface area contributed by atoms with Gasteiger partial charge in [0.1, 0.15) is 12.3 Å².